The van der Waals surface area contributed by atoms with Gasteiger partial charge in [-0.05, 0) is 68.6 Å². The van der Waals surface area contributed by atoms with E-state index in [1.165, 1.54) is 0 Å². The van der Waals surface area contributed by atoms with Crippen molar-refractivity contribution >= 4 is 9.84 Å². The molecule has 3 rings (SSSR count). The van der Waals surface area contributed by atoms with E-state index in [4.69, 9.17) is 0 Å². The van der Waals surface area contributed by atoms with E-state index < -0.39 is 9.84 Å². The average Bonchev–Trinajstić information content (AvgIpc) is 2.89. The second kappa shape index (κ2) is 6.35. The van der Waals surface area contributed by atoms with E-state index in [0.717, 1.165) is 44.9 Å². The molecule has 1 saturated heterocycles. The fourth-order valence-corrected chi connectivity index (χ4v) is 8.34. The van der Waals surface area contributed by atoms with E-state index in [-0.39, 0.29) is 10.5 Å². The highest BCUT2D eigenvalue weighted by atomic mass is 32.2. The van der Waals surface area contributed by atoms with Crippen molar-refractivity contribution in [2.45, 2.75) is 55.4 Å². The van der Waals surface area contributed by atoms with Crippen molar-refractivity contribution in [2.75, 3.05) is 0 Å². The monoisotopic (exact) mass is 320 g/mol. The van der Waals surface area contributed by atoms with Crippen LogP contribution in [0.15, 0.2) is 37.5 Å². The lowest BCUT2D eigenvalue weighted by atomic mass is 9.79. The van der Waals surface area contributed by atoms with Gasteiger partial charge in [-0.2, -0.15) is 0 Å². The Morgan fingerprint density at radius 2 is 2.05 bits per heavy atom. The highest BCUT2D eigenvalue weighted by Crippen LogP contribution is 2.57. The first-order valence-electron chi connectivity index (χ1n) is 8.74. The van der Waals surface area contributed by atoms with Gasteiger partial charge in [0.05, 0.1) is 10.5 Å². The lowest BCUT2D eigenvalue weighted by Gasteiger charge is -2.23. The Morgan fingerprint density at radius 1 is 1.23 bits per heavy atom. The van der Waals surface area contributed by atoms with Crippen molar-refractivity contribution in [3.05, 3.63) is 37.5 Å². The Kier molecular flexibility index (Phi) is 4.63. The molecule has 1 saturated carbocycles. The quantitative estimate of drug-likeness (QED) is 0.559. The maximum Gasteiger partial charge on any atom is 0.156 e. The molecular formula is C19H28O2S. The summed E-state index contributed by atoms with van der Waals surface area (Å²) in [7, 11) is -3.00. The van der Waals surface area contributed by atoms with Gasteiger partial charge in [-0.25, -0.2) is 8.42 Å². The molecule has 0 amide bonds. The zero-order valence-corrected chi connectivity index (χ0v) is 14.2. The van der Waals surface area contributed by atoms with Crippen LogP contribution in [0.5, 0.6) is 0 Å². The van der Waals surface area contributed by atoms with Gasteiger partial charge in [0.25, 0.3) is 0 Å². The summed E-state index contributed by atoms with van der Waals surface area (Å²) in [6.45, 7) is 7.77. The largest absolute Gasteiger partial charge is 0.228 e. The van der Waals surface area contributed by atoms with Crippen LogP contribution in [0, 0.1) is 23.7 Å². The summed E-state index contributed by atoms with van der Waals surface area (Å²) < 4.78 is 26.3. The van der Waals surface area contributed by atoms with Crippen molar-refractivity contribution in [3.8, 4) is 0 Å². The minimum atomic E-state index is -3.00. The smallest absolute Gasteiger partial charge is 0.156 e. The lowest BCUT2D eigenvalue weighted by molar-refractivity contribution is 0.312. The van der Waals surface area contributed by atoms with Crippen LogP contribution in [0.4, 0.5) is 0 Å². The van der Waals surface area contributed by atoms with Gasteiger partial charge in [-0.1, -0.05) is 24.3 Å². The number of allylic oxidation sites excluding steroid dienone is 4. The Balaban J connectivity index is 1.96. The van der Waals surface area contributed by atoms with Gasteiger partial charge in [0.15, 0.2) is 9.84 Å². The van der Waals surface area contributed by atoms with E-state index in [2.05, 4.69) is 25.3 Å². The van der Waals surface area contributed by atoms with E-state index in [1.54, 1.807) is 0 Å². The van der Waals surface area contributed by atoms with Crippen LogP contribution in [0.3, 0.4) is 0 Å². The number of sulfone groups is 1. The molecule has 0 aromatic rings. The van der Waals surface area contributed by atoms with Crippen LogP contribution < -0.4 is 0 Å². The molecule has 2 aliphatic carbocycles. The summed E-state index contributed by atoms with van der Waals surface area (Å²) in [5.41, 5.74) is 0. The third kappa shape index (κ3) is 2.51. The van der Waals surface area contributed by atoms with E-state index in [0.29, 0.717) is 23.7 Å². The number of unbranched alkanes of at least 4 members (excludes halogenated alkanes) is 1. The SMILES string of the molecule is C=CCCC[C@@H]1[C@@H]2[C@H]3[C@H](/C=C\CCC[C@@H]3S1(=O)=O)C[C@@H]2C=C. The molecule has 22 heavy (non-hydrogen) atoms. The Hall–Kier alpha value is -0.830. The van der Waals surface area contributed by atoms with Gasteiger partial charge in [0, 0.05) is 0 Å². The van der Waals surface area contributed by atoms with Gasteiger partial charge >= 0.3 is 0 Å². The summed E-state index contributed by atoms with van der Waals surface area (Å²) >= 11 is 0. The summed E-state index contributed by atoms with van der Waals surface area (Å²) in [5.74, 6) is 1.44. The van der Waals surface area contributed by atoms with Crippen LogP contribution in [0.2, 0.25) is 0 Å². The Morgan fingerprint density at radius 3 is 2.77 bits per heavy atom. The molecule has 3 aliphatic rings. The molecule has 0 spiro atoms. The maximum atomic E-state index is 13.2. The van der Waals surface area contributed by atoms with Crippen LogP contribution in [0.25, 0.3) is 0 Å². The van der Waals surface area contributed by atoms with Crippen molar-refractivity contribution in [1.82, 2.24) is 0 Å². The van der Waals surface area contributed by atoms with Gasteiger partial charge in [-0.15, -0.1) is 13.2 Å². The Labute approximate surface area is 135 Å². The lowest BCUT2D eigenvalue weighted by Crippen LogP contribution is -2.29. The van der Waals surface area contributed by atoms with E-state index in [1.807, 2.05) is 12.2 Å². The fraction of sp³-hybridized carbons (Fsp3) is 0.684. The summed E-state index contributed by atoms with van der Waals surface area (Å²) in [6.07, 6.45) is 15.2. The number of hydrogen-bond donors (Lipinski definition) is 0. The molecule has 6 atom stereocenters. The van der Waals surface area contributed by atoms with E-state index in [9.17, 15) is 8.42 Å². The average molecular weight is 320 g/mol. The van der Waals surface area contributed by atoms with E-state index >= 15 is 0 Å². The minimum Gasteiger partial charge on any atom is -0.228 e. The summed E-state index contributed by atoms with van der Waals surface area (Å²) in [5, 5.41) is -0.256. The molecule has 3 heteroatoms. The fourth-order valence-electron chi connectivity index (χ4n) is 5.25. The summed E-state index contributed by atoms with van der Waals surface area (Å²) in [4.78, 5) is 0. The Bertz CT molecular complexity index is 560. The molecule has 0 bridgehead atoms. The van der Waals surface area contributed by atoms with Crippen molar-refractivity contribution in [1.29, 1.82) is 0 Å². The van der Waals surface area contributed by atoms with Crippen molar-refractivity contribution in [2.24, 2.45) is 23.7 Å². The van der Waals surface area contributed by atoms with Crippen molar-refractivity contribution < 1.29 is 8.42 Å². The standard InChI is InChI=1S/C19H28O2S/c1-3-5-7-11-16-18-14(4-2)13-15-10-8-6-9-12-17(19(15)18)22(16,20)21/h3-4,8,10,14-19H,1-2,5-7,9,11-13H2/b10-8-/t14-,15+,16+,17-,18+,19-/m0/s1. The molecule has 1 heterocycles. The highest BCUT2D eigenvalue weighted by Gasteiger charge is 2.60. The topological polar surface area (TPSA) is 34.1 Å². The van der Waals surface area contributed by atoms with Crippen LogP contribution >= 0.6 is 0 Å². The molecular weight excluding hydrogens is 292 g/mol. The van der Waals surface area contributed by atoms with Gasteiger partial charge in [0.2, 0.25) is 0 Å². The number of rotatable bonds is 5. The zero-order chi connectivity index (χ0) is 15.7. The summed E-state index contributed by atoms with van der Waals surface area (Å²) in [6, 6.07) is 0. The zero-order valence-electron chi connectivity index (χ0n) is 13.4. The third-order valence-electron chi connectivity index (χ3n) is 6.12. The highest BCUT2D eigenvalue weighted by molar-refractivity contribution is 7.93. The molecule has 2 nitrogen and oxygen atoms in total. The van der Waals surface area contributed by atoms with Crippen LogP contribution in [-0.4, -0.2) is 18.9 Å². The molecule has 1 aliphatic heterocycles. The molecule has 0 aromatic carbocycles. The van der Waals surface area contributed by atoms with Crippen LogP contribution in [-0.2, 0) is 9.84 Å². The van der Waals surface area contributed by atoms with Gasteiger partial charge < -0.3 is 0 Å². The molecule has 0 radical (unpaired) electrons. The van der Waals surface area contributed by atoms with Crippen LogP contribution in [0.1, 0.15) is 44.9 Å². The molecule has 122 valence electrons. The normalized spacial score (nSPS) is 43.8. The first-order chi connectivity index (χ1) is 10.6. The maximum absolute atomic E-state index is 13.2. The first kappa shape index (κ1) is 16.0. The second-order valence-electron chi connectivity index (χ2n) is 7.20. The van der Waals surface area contributed by atoms with Crippen molar-refractivity contribution in [3.63, 3.8) is 0 Å². The third-order valence-corrected chi connectivity index (χ3v) is 8.91. The molecule has 0 unspecified atom stereocenters. The van der Waals surface area contributed by atoms with Gasteiger partial charge in [0.1, 0.15) is 0 Å². The second-order valence-corrected chi connectivity index (χ2v) is 9.59. The first-order valence-corrected chi connectivity index (χ1v) is 10.3. The molecule has 2 fully saturated rings. The molecule has 0 N–H and O–H groups in total. The predicted molar refractivity (Wildman–Crippen MR) is 92.3 cm³/mol. The minimum absolute atomic E-state index is 0.105. The number of hydrogen-bond acceptors (Lipinski definition) is 2. The molecule has 0 aromatic heterocycles. The predicted octanol–water partition coefficient (Wildman–Crippen LogP) is 4.30. The van der Waals surface area contributed by atoms with Gasteiger partial charge in [-0.3, -0.25) is 0 Å².